The molecule has 0 radical (unpaired) electrons. The molecule has 0 saturated carbocycles. The Labute approximate surface area is 97.8 Å². The van der Waals surface area contributed by atoms with Gasteiger partial charge in [-0.3, -0.25) is 4.79 Å². The minimum atomic E-state index is -0.0969. The summed E-state index contributed by atoms with van der Waals surface area (Å²) in [5.41, 5.74) is 0. The van der Waals surface area contributed by atoms with E-state index in [0.29, 0.717) is 11.8 Å². The lowest BCUT2D eigenvalue weighted by Crippen LogP contribution is -2.43. The molecule has 94 valence electrons. The number of aliphatic hydroxyl groups excluding tert-OH is 1. The van der Waals surface area contributed by atoms with Gasteiger partial charge < -0.3 is 15.7 Å². The van der Waals surface area contributed by atoms with Gasteiger partial charge in [0.15, 0.2) is 0 Å². The van der Waals surface area contributed by atoms with Crippen LogP contribution in [0.4, 0.5) is 0 Å². The van der Waals surface area contributed by atoms with Gasteiger partial charge in [-0.25, -0.2) is 0 Å². The highest BCUT2D eigenvalue weighted by atomic mass is 16.3. The summed E-state index contributed by atoms with van der Waals surface area (Å²) < 4.78 is 0. The Kier molecular flexibility index (Phi) is 5.22. The minimum absolute atomic E-state index is 0.0262. The molecule has 0 bridgehead atoms. The fourth-order valence-corrected chi connectivity index (χ4v) is 2.22. The van der Waals surface area contributed by atoms with E-state index >= 15 is 0 Å². The highest BCUT2D eigenvalue weighted by Gasteiger charge is 2.30. The van der Waals surface area contributed by atoms with Gasteiger partial charge in [-0.1, -0.05) is 20.8 Å². The Morgan fingerprint density at radius 1 is 1.50 bits per heavy atom. The Morgan fingerprint density at radius 2 is 2.19 bits per heavy atom. The van der Waals surface area contributed by atoms with Crippen LogP contribution in [0.2, 0.25) is 0 Å². The second-order valence-electron chi connectivity index (χ2n) is 5.26. The molecule has 4 heteroatoms. The molecule has 1 fully saturated rings. The Morgan fingerprint density at radius 3 is 2.62 bits per heavy atom. The number of amides is 1. The fraction of sp³-hybridized carbons (Fsp3) is 0.917. The molecule has 3 N–H and O–H groups in total. The molecule has 0 aromatic rings. The van der Waals surface area contributed by atoms with E-state index in [1.54, 1.807) is 0 Å². The highest BCUT2D eigenvalue weighted by Crippen LogP contribution is 2.16. The van der Waals surface area contributed by atoms with Crippen LogP contribution < -0.4 is 10.6 Å². The first-order valence-corrected chi connectivity index (χ1v) is 6.16. The summed E-state index contributed by atoms with van der Waals surface area (Å²) in [6, 6.07) is -0.0969. The molecule has 1 aliphatic heterocycles. The predicted octanol–water partition coefficient (Wildman–Crippen LogP) is 0.365. The number of nitrogens with one attached hydrogen (secondary N) is 2. The minimum Gasteiger partial charge on any atom is -0.394 e. The van der Waals surface area contributed by atoms with Crippen molar-refractivity contribution in [3.63, 3.8) is 0 Å². The second kappa shape index (κ2) is 6.21. The third kappa shape index (κ3) is 3.76. The molecule has 1 saturated heterocycles. The van der Waals surface area contributed by atoms with Crippen molar-refractivity contribution in [3.05, 3.63) is 0 Å². The monoisotopic (exact) mass is 228 g/mol. The maximum absolute atomic E-state index is 11.9. The third-order valence-corrected chi connectivity index (χ3v) is 3.18. The molecule has 1 rings (SSSR count). The first-order valence-electron chi connectivity index (χ1n) is 6.16. The number of aliphatic hydroxyl groups is 1. The molecule has 0 aromatic heterocycles. The normalized spacial score (nSPS) is 27.1. The van der Waals surface area contributed by atoms with Crippen LogP contribution in [0.1, 0.15) is 27.2 Å². The third-order valence-electron chi connectivity index (χ3n) is 3.18. The summed E-state index contributed by atoms with van der Waals surface area (Å²) in [7, 11) is 0. The van der Waals surface area contributed by atoms with Crippen molar-refractivity contribution in [2.75, 3.05) is 19.7 Å². The van der Waals surface area contributed by atoms with Crippen LogP contribution in [0.5, 0.6) is 0 Å². The van der Waals surface area contributed by atoms with Gasteiger partial charge in [-0.15, -0.1) is 0 Å². The first-order chi connectivity index (χ1) is 7.54. The molecule has 1 unspecified atom stereocenters. The van der Waals surface area contributed by atoms with Gasteiger partial charge in [0, 0.05) is 6.54 Å². The van der Waals surface area contributed by atoms with Gasteiger partial charge in [0.2, 0.25) is 5.91 Å². The van der Waals surface area contributed by atoms with Gasteiger partial charge in [0.25, 0.3) is 0 Å². The lowest BCUT2D eigenvalue weighted by Gasteiger charge is -2.21. The van der Waals surface area contributed by atoms with Gasteiger partial charge in [0.05, 0.1) is 18.6 Å². The summed E-state index contributed by atoms with van der Waals surface area (Å²) in [6.07, 6.45) is 0.830. The van der Waals surface area contributed by atoms with E-state index in [4.69, 9.17) is 0 Å². The maximum Gasteiger partial charge on any atom is 0.225 e. The number of carbonyl (C=O) groups is 1. The predicted molar refractivity (Wildman–Crippen MR) is 64.0 cm³/mol. The molecular weight excluding hydrogens is 204 g/mol. The average Bonchev–Trinajstić information content (AvgIpc) is 2.62. The van der Waals surface area contributed by atoms with Crippen LogP contribution >= 0.6 is 0 Å². The van der Waals surface area contributed by atoms with Crippen LogP contribution in [-0.4, -0.2) is 36.8 Å². The number of hydrogen-bond acceptors (Lipinski definition) is 3. The maximum atomic E-state index is 11.9. The quantitative estimate of drug-likeness (QED) is 0.637. The van der Waals surface area contributed by atoms with E-state index in [1.807, 2.05) is 0 Å². The summed E-state index contributed by atoms with van der Waals surface area (Å²) in [5.74, 6) is 1.01. The van der Waals surface area contributed by atoms with Crippen LogP contribution in [0.15, 0.2) is 0 Å². The summed E-state index contributed by atoms with van der Waals surface area (Å²) >= 11 is 0. The largest absolute Gasteiger partial charge is 0.394 e. The van der Waals surface area contributed by atoms with Crippen LogP contribution in [-0.2, 0) is 4.79 Å². The average molecular weight is 228 g/mol. The lowest BCUT2D eigenvalue weighted by atomic mass is 9.96. The molecule has 0 aromatic carbocycles. The van der Waals surface area contributed by atoms with Crippen molar-refractivity contribution in [2.24, 2.45) is 17.8 Å². The van der Waals surface area contributed by atoms with Gasteiger partial charge in [-0.2, -0.15) is 0 Å². The van der Waals surface area contributed by atoms with Crippen molar-refractivity contribution in [2.45, 2.75) is 33.2 Å². The number of carbonyl (C=O) groups excluding carboxylic acids is 1. The smallest absolute Gasteiger partial charge is 0.225 e. The Hall–Kier alpha value is -0.610. The van der Waals surface area contributed by atoms with Crippen LogP contribution in [0.25, 0.3) is 0 Å². The van der Waals surface area contributed by atoms with E-state index in [1.165, 1.54) is 0 Å². The summed E-state index contributed by atoms with van der Waals surface area (Å²) in [5, 5.41) is 15.4. The van der Waals surface area contributed by atoms with Crippen molar-refractivity contribution in [1.82, 2.24) is 10.6 Å². The Bertz CT molecular complexity index is 231. The topological polar surface area (TPSA) is 61.4 Å². The van der Waals surface area contributed by atoms with Gasteiger partial charge in [0.1, 0.15) is 0 Å². The molecule has 0 spiro atoms. The summed E-state index contributed by atoms with van der Waals surface area (Å²) in [4.78, 5) is 11.9. The van der Waals surface area contributed by atoms with Crippen LogP contribution in [0, 0.1) is 17.8 Å². The molecular formula is C12H24N2O2. The molecule has 4 nitrogen and oxygen atoms in total. The van der Waals surface area contributed by atoms with E-state index < -0.39 is 0 Å². The van der Waals surface area contributed by atoms with Crippen molar-refractivity contribution in [1.29, 1.82) is 0 Å². The van der Waals surface area contributed by atoms with Crippen LogP contribution in [0.3, 0.4) is 0 Å². The second-order valence-corrected chi connectivity index (χ2v) is 5.26. The van der Waals surface area contributed by atoms with E-state index in [-0.39, 0.29) is 24.5 Å². The number of hydrogen-bond donors (Lipinski definition) is 3. The lowest BCUT2D eigenvalue weighted by molar-refractivity contribution is -0.126. The molecule has 0 aliphatic carbocycles. The standard InChI is InChI=1S/C12H24N2O2/c1-8(2)4-10(7-15)14-12(16)11-6-13-5-9(11)3/h8-11,13,15H,4-7H2,1-3H3,(H,14,16)/t9-,10?,11-/m1/s1. The highest BCUT2D eigenvalue weighted by molar-refractivity contribution is 5.79. The molecule has 3 atom stereocenters. The molecule has 1 aliphatic rings. The SMILES string of the molecule is CC(C)CC(CO)NC(=O)[C@@H]1CNC[C@H]1C. The van der Waals surface area contributed by atoms with Crippen molar-refractivity contribution >= 4 is 5.91 Å². The molecule has 1 heterocycles. The van der Waals surface area contributed by atoms with E-state index in [2.05, 4.69) is 31.4 Å². The molecule has 16 heavy (non-hydrogen) atoms. The van der Waals surface area contributed by atoms with E-state index in [0.717, 1.165) is 19.5 Å². The zero-order valence-corrected chi connectivity index (χ0v) is 10.5. The van der Waals surface area contributed by atoms with Gasteiger partial charge >= 0.3 is 0 Å². The zero-order valence-electron chi connectivity index (χ0n) is 10.5. The Balaban J connectivity index is 2.42. The van der Waals surface area contributed by atoms with Crippen molar-refractivity contribution in [3.8, 4) is 0 Å². The summed E-state index contributed by atoms with van der Waals surface area (Å²) in [6.45, 7) is 7.96. The fourth-order valence-electron chi connectivity index (χ4n) is 2.22. The van der Waals surface area contributed by atoms with Crippen molar-refractivity contribution < 1.29 is 9.90 Å². The zero-order chi connectivity index (χ0) is 12.1. The van der Waals surface area contributed by atoms with Gasteiger partial charge in [-0.05, 0) is 24.8 Å². The number of rotatable bonds is 5. The first kappa shape index (κ1) is 13.5. The van der Waals surface area contributed by atoms with E-state index in [9.17, 15) is 9.90 Å². The molecule has 1 amide bonds.